The van der Waals surface area contributed by atoms with Crippen LogP contribution < -0.4 is 10.6 Å². The summed E-state index contributed by atoms with van der Waals surface area (Å²) < 4.78 is 12.3. The SMILES string of the molecule is O=C1NC(F)CC(Br)N1. The van der Waals surface area contributed by atoms with Gasteiger partial charge in [-0.3, -0.25) is 0 Å². The van der Waals surface area contributed by atoms with Crippen molar-refractivity contribution in [2.24, 2.45) is 0 Å². The minimum atomic E-state index is -1.22. The highest BCUT2D eigenvalue weighted by molar-refractivity contribution is 9.09. The summed E-state index contributed by atoms with van der Waals surface area (Å²) in [5.41, 5.74) is 0. The molecule has 1 fully saturated rings. The molecule has 3 nitrogen and oxygen atoms in total. The first kappa shape index (κ1) is 6.80. The molecule has 2 unspecified atom stereocenters. The lowest BCUT2D eigenvalue weighted by Crippen LogP contribution is -2.50. The van der Waals surface area contributed by atoms with E-state index in [1.807, 2.05) is 0 Å². The van der Waals surface area contributed by atoms with Gasteiger partial charge in [-0.05, 0) is 0 Å². The van der Waals surface area contributed by atoms with E-state index in [0.29, 0.717) is 0 Å². The van der Waals surface area contributed by atoms with Crippen LogP contribution in [0.5, 0.6) is 0 Å². The second-order valence-electron chi connectivity index (χ2n) is 1.79. The normalized spacial score (nSPS) is 35.1. The number of rotatable bonds is 0. The van der Waals surface area contributed by atoms with Gasteiger partial charge in [-0.2, -0.15) is 0 Å². The predicted molar refractivity (Wildman–Crippen MR) is 33.9 cm³/mol. The molecule has 1 heterocycles. The Morgan fingerprint density at radius 3 is 2.78 bits per heavy atom. The molecule has 0 aromatic rings. The number of alkyl halides is 2. The van der Waals surface area contributed by atoms with Gasteiger partial charge < -0.3 is 10.6 Å². The van der Waals surface area contributed by atoms with Crippen LogP contribution in [0.4, 0.5) is 9.18 Å². The lowest BCUT2D eigenvalue weighted by molar-refractivity contribution is 0.193. The van der Waals surface area contributed by atoms with Crippen LogP contribution in [0, 0.1) is 0 Å². The van der Waals surface area contributed by atoms with Gasteiger partial charge in [0.2, 0.25) is 0 Å². The zero-order chi connectivity index (χ0) is 6.85. The minimum absolute atomic E-state index is 0.235. The third kappa shape index (κ3) is 1.82. The summed E-state index contributed by atoms with van der Waals surface area (Å²) in [7, 11) is 0. The molecule has 0 bridgehead atoms. The Kier molecular flexibility index (Phi) is 1.90. The van der Waals surface area contributed by atoms with E-state index in [4.69, 9.17) is 0 Å². The molecule has 2 atom stereocenters. The molecule has 1 aliphatic heterocycles. The maximum absolute atomic E-state index is 12.3. The van der Waals surface area contributed by atoms with Crippen LogP contribution in [-0.2, 0) is 0 Å². The third-order valence-corrected chi connectivity index (χ3v) is 1.59. The number of hydrogen-bond acceptors (Lipinski definition) is 1. The van der Waals surface area contributed by atoms with E-state index in [-0.39, 0.29) is 11.4 Å². The number of halogens is 2. The number of carbonyl (C=O) groups excluding carboxylic acids is 1. The molecule has 1 aliphatic rings. The molecule has 0 aliphatic carbocycles. The summed E-state index contributed by atoms with van der Waals surface area (Å²) in [5.74, 6) is 0. The fourth-order valence-electron chi connectivity index (χ4n) is 0.626. The lowest BCUT2D eigenvalue weighted by Gasteiger charge is -2.22. The van der Waals surface area contributed by atoms with Crippen molar-refractivity contribution in [2.75, 3.05) is 0 Å². The van der Waals surface area contributed by atoms with Crippen molar-refractivity contribution < 1.29 is 9.18 Å². The van der Waals surface area contributed by atoms with Crippen LogP contribution in [0.25, 0.3) is 0 Å². The molecular formula is C4H6BrFN2O. The Hall–Kier alpha value is -0.320. The van der Waals surface area contributed by atoms with Crippen LogP contribution >= 0.6 is 15.9 Å². The Balaban J connectivity index is 2.43. The molecule has 9 heavy (non-hydrogen) atoms. The molecular weight excluding hydrogens is 191 g/mol. The standard InChI is InChI=1S/C4H6BrFN2O/c5-2-1-3(6)8-4(9)7-2/h2-3H,1H2,(H2,7,8,9). The van der Waals surface area contributed by atoms with Gasteiger partial charge in [0, 0.05) is 6.42 Å². The Labute approximate surface area is 60.1 Å². The summed E-state index contributed by atoms with van der Waals surface area (Å²) in [5, 5.41) is 4.50. The number of urea groups is 1. The third-order valence-electron chi connectivity index (χ3n) is 0.989. The zero-order valence-corrected chi connectivity index (χ0v) is 6.11. The summed E-state index contributed by atoms with van der Waals surface area (Å²) >= 11 is 3.06. The second kappa shape index (κ2) is 2.51. The summed E-state index contributed by atoms with van der Waals surface area (Å²) in [6.07, 6.45) is -0.950. The first-order valence-corrected chi connectivity index (χ1v) is 3.45. The van der Waals surface area contributed by atoms with E-state index in [1.54, 1.807) is 0 Å². The zero-order valence-electron chi connectivity index (χ0n) is 4.53. The quantitative estimate of drug-likeness (QED) is 0.435. The van der Waals surface area contributed by atoms with Gasteiger partial charge in [-0.1, -0.05) is 15.9 Å². The molecule has 0 radical (unpaired) electrons. The van der Waals surface area contributed by atoms with Gasteiger partial charge in [-0.25, -0.2) is 9.18 Å². The Morgan fingerprint density at radius 1 is 1.67 bits per heavy atom. The lowest BCUT2D eigenvalue weighted by atomic mass is 10.3. The highest BCUT2D eigenvalue weighted by atomic mass is 79.9. The summed E-state index contributed by atoms with van der Waals surface area (Å²) in [6, 6.07) is -0.462. The average Bonchev–Trinajstić information content (AvgIpc) is 1.59. The van der Waals surface area contributed by atoms with Gasteiger partial charge in [-0.15, -0.1) is 0 Å². The highest BCUT2D eigenvalue weighted by Gasteiger charge is 2.22. The number of carbonyl (C=O) groups is 1. The van der Waals surface area contributed by atoms with Gasteiger partial charge in [0.1, 0.15) is 0 Å². The van der Waals surface area contributed by atoms with Gasteiger partial charge in [0.15, 0.2) is 6.30 Å². The molecule has 52 valence electrons. The first-order chi connectivity index (χ1) is 4.18. The van der Waals surface area contributed by atoms with Crippen molar-refractivity contribution in [3.63, 3.8) is 0 Å². The largest absolute Gasteiger partial charge is 0.326 e. The van der Waals surface area contributed by atoms with Gasteiger partial charge in [0.05, 0.1) is 4.95 Å². The monoisotopic (exact) mass is 196 g/mol. The molecule has 0 saturated carbocycles. The number of nitrogens with one attached hydrogen (secondary N) is 2. The first-order valence-electron chi connectivity index (χ1n) is 2.53. The molecule has 2 amide bonds. The molecule has 1 saturated heterocycles. The van der Waals surface area contributed by atoms with Gasteiger partial charge >= 0.3 is 6.03 Å². The fourth-order valence-corrected chi connectivity index (χ4v) is 1.16. The molecule has 0 spiro atoms. The van der Waals surface area contributed by atoms with Crippen LogP contribution in [0.15, 0.2) is 0 Å². The summed E-state index contributed by atoms with van der Waals surface area (Å²) in [6.45, 7) is 0. The number of hydrogen-bond donors (Lipinski definition) is 2. The number of amides is 2. The van der Waals surface area contributed by atoms with Crippen molar-refractivity contribution >= 4 is 22.0 Å². The molecule has 0 aromatic heterocycles. The van der Waals surface area contributed by atoms with E-state index in [2.05, 4.69) is 26.6 Å². The topological polar surface area (TPSA) is 41.1 Å². The fraction of sp³-hybridized carbons (Fsp3) is 0.750. The van der Waals surface area contributed by atoms with E-state index in [9.17, 15) is 9.18 Å². The van der Waals surface area contributed by atoms with Crippen LogP contribution in [0.3, 0.4) is 0 Å². The second-order valence-corrected chi connectivity index (χ2v) is 2.89. The van der Waals surface area contributed by atoms with E-state index in [1.165, 1.54) is 0 Å². The molecule has 1 rings (SSSR count). The summed E-state index contributed by atoms with van der Waals surface area (Å²) in [4.78, 5) is 10.2. The van der Waals surface area contributed by atoms with Crippen molar-refractivity contribution in [1.29, 1.82) is 0 Å². The molecule has 0 aromatic carbocycles. The average molecular weight is 197 g/mol. The minimum Gasteiger partial charge on any atom is -0.326 e. The Bertz CT molecular complexity index is 120. The molecule has 5 heteroatoms. The van der Waals surface area contributed by atoms with E-state index < -0.39 is 12.3 Å². The van der Waals surface area contributed by atoms with Crippen LogP contribution in [0.1, 0.15) is 6.42 Å². The van der Waals surface area contributed by atoms with Gasteiger partial charge in [0.25, 0.3) is 0 Å². The van der Waals surface area contributed by atoms with Crippen molar-refractivity contribution in [3.05, 3.63) is 0 Å². The predicted octanol–water partition coefficient (Wildman–Crippen LogP) is 0.706. The Morgan fingerprint density at radius 2 is 2.33 bits per heavy atom. The molecule has 2 N–H and O–H groups in total. The van der Waals surface area contributed by atoms with E-state index in [0.717, 1.165) is 0 Å². The highest BCUT2D eigenvalue weighted by Crippen LogP contribution is 2.09. The maximum Gasteiger partial charge on any atom is 0.317 e. The van der Waals surface area contributed by atoms with Crippen molar-refractivity contribution in [3.8, 4) is 0 Å². The van der Waals surface area contributed by atoms with Crippen molar-refractivity contribution in [2.45, 2.75) is 17.7 Å². The maximum atomic E-state index is 12.3. The smallest absolute Gasteiger partial charge is 0.317 e. The van der Waals surface area contributed by atoms with Crippen LogP contribution in [-0.4, -0.2) is 17.3 Å². The van der Waals surface area contributed by atoms with Crippen LogP contribution in [0.2, 0.25) is 0 Å². The van der Waals surface area contributed by atoms with Crippen molar-refractivity contribution in [1.82, 2.24) is 10.6 Å². The van der Waals surface area contributed by atoms with E-state index >= 15 is 0 Å².